The van der Waals surface area contributed by atoms with Gasteiger partial charge in [0.1, 0.15) is 23.3 Å². The molecule has 1 heterocycles. The summed E-state index contributed by atoms with van der Waals surface area (Å²) < 4.78 is 11.0. The van der Waals surface area contributed by atoms with Crippen LogP contribution in [-0.4, -0.2) is 53.2 Å². The number of hydrogen-bond acceptors (Lipinski definition) is 7. The van der Waals surface area contributed by atoms with E-state index in [1.807, 2.05) is 30.3 Å². The second-order valence-electron chi connectivity index (χ2n) is 10.1. The van der Waals surface area contributed by atoms with Gasteiger partial charge in [-0.1, -0.05) is 30.3 Å². The maximum absolute atomic E-state index is 12.7. The molecule has 1 aliphatic heterocycles. The fourth-order valence-electron chi connectivity index (χ4n) is 3.76. The Balaban J connectivity index is 2.20. The van der Waals surface area contributed by atoms with Crippen LogP contribution < -0.4 is 11.5 Å². The Labute approximate surface area is 180 Å². The SMILES string of the molecule is CC(C)(C)OC(=O)C(N)[C@H]1CN(Cc2ccccc2)C[C@@H]1C(N)C(=O)OC(C)(C)C. The third-order valence-electron chi connectivity index (χ3n) is 5.02. The molecule has 0 radical (unpaired) electrons. The number of nitrogens with two attached hydrogens (primary N) is 2. The van der Waals surface area contributed by atoms with E-state index in [9.17, 15) is 9.59 Å². The van der Waals surface area contributed by atoms with Gasteiger partial charge >= 0.3 is 11.9 Å². The van der Waals surface area contributed by atoms with Crippen molar-refractivity contribution in [2.75, 3.05) is 13.1 Å². The Bertz CT molecular complexity index is 682. The molecule has 7 nitrogen and oxygen atoms in total. The zero-order valence-corrected chi connectivity index (χ0v) is 19.1. The highest BCUT2D eigenvalue weighted by Gasteiger charge is 2.45. The van der Waals surface area contributed by atoms with Crippen LogP contribution in [0.5, 0.6) is 0 Å². The van der Waals surface area contributed by atoms with E-state index in [2.05, 4.69) is 4.90 Å². The van der Waals surface area contributed by atoms with Crippen molar-refractivity contribution in [3.05, 3.63) is 35.9 Å². The molecule has 1 aromatic carbocycles. The molecule has 0 bridgehead atoms. The van der Waals surface area contributed by atoms with Gasteiger partial charge in [-0.3, -0.25) is 14.5 Å². The summed E-state index contributed by atoms with van der Waals surface area (Å²) in [7, 11) is 0. The molecule has 30 heavy (non-hydrogen) atoms. The Hall–Kier alpha value is -1.96. The number of hydrogen-bond donors (Lipinski definition) is 2. The van der Waals surface area contributed by atoms with Crippen molar-refractivity contribution in [1.82, 2.24) is 4.90 Å². The molecule has 0 aliphatic carbocycles. The fraction of sp³-hybridized carbons (Fsp3) is 0.652. The third-order valence-corrected chi connectivity index (χ3v) is 5.02. The molecular formula is C23H37N3O4. The molecular weight excluding hydrogens is 382 g/mol. The van der Waals surface area contributed by atoms with Crippen LogP contribution in [0.3, 0.4) is 0 Å². The minimum Gasteiger partial charge on any atom is -0.459 e. The summed E-state index contributed by atoms with van der Waals surface area (Å²) in [6.45, 7) is 12.6. The number of likely N-dealkylation sites (tertiary alicyclic amines) is 1. The van der Waals surface area contributed by atoms with E-state index in [1.54, 1.807) is 41.5 Å². The van der Waals surface area contributed by atoms with E-state index >= 15 is 0 Å². The third kappa shape index (κ3) is 7.07. The molecule has 1 saturated heterocycles. The van der Waals surface area contributed by atoms with Crippen LogP contribution in [0.4, 0.5) is 0 Å². The lowest BCUT2D eigenvalue weighted by Crippen LogP contribution is -2.51. The normalized spacial score (nSPS) is 22.4. The summed E-state index contributed by atoms with van der Waals surface area (Å²) >= 11 is 0. The maximum Gasteiger partial charge on any atom is 0.323 e. The van der Waals surface area contributed by atoms with Crippen LogP contribution in [0, 0.1) is 11.8 Å². The van der Waals surface area contributed by atoms with Gasteiger partial charge in [0.15, 0.2) is 0 Å². The smallest absolute Gasteiger partial charge is 0.323 e. The maximum atomic E-state index is 12.7. The Morgan fingerprint density at radius 1 is 0.900 bits per heavy atom. The molecule has 1 fully saturated rings. The molecule has 0 saturated carbocycles. The lowest BCUT2D eigenvalue weighted by atomic mass is 9.84. The second kappa shape index (κ2) is 9.45. The Kier molecular flexibility index (Phi) is 7.66. The van der Waals surface area contributed by atoms with Crippen LogP contribution >= 0.6 is 0 Å². The van der Waals surface area contributed by atoms with Crippen LogP contribution in [0.1, 0.15) is 47.1 Å². The molecule has 0 amide bonds. The fourth-order valence-corrected chi connectivity index (χ4v) is 3.76. The van der Waals surface area contributed by atoms with E-state index in [0.717, 1.165) is 5.56 Å². The molecule has 4 atom stereocenters. The highest BCUT2D eigenvalue weighted by atomic mass is 16.6. The van der Waals surface area contributed by atoms with E-state index in [0.29, 0.717) is 19.6 Å². The van der Waals surface area contributed by atoms with Crippen LogP contribution in [0.25, 0.3) is 0 Å². The summed E-state index contributed by atoms with van der Waals surface area (Å²) in [6, 6.07) is 8.29. The van der Waals surface area contributed by atoms with Crippen molar-refractivity contribution in [2.24, 2.45) is 23.3 Å². The number of benzene rings is 1. The number of rotatable bonds is 6. The van der Waals surface area contributed by atoms with E-state index < -0.39 is 35.2 Å². The van der Waals surface area contributed by atoms with E-state index in [1.165, 1.54) is 0 Å². The van der Waals surface area contributed by atoms with Gasteiger partial charge in [0.25, 0.3) is 0 Å². The number of nitrogens with zero attached hydrogens (tertiary/aromatic N) is 1. The first kappa shape index (κ1) is 24.3. The number of ether oxygens (including phenoxy) is 2. The van der Waals surface area contributed by atoms with Gasteiger partial charge in [0, 0.05) is 31.5 Å². The molecule has 2 rings (SSSR count). The molecule has 0 spiro atoms. The van der Waals surface area contributed by atoms with Gasteiger partial charge in [0.05, 0.1) is 0 Å². The quantitative estimate of drug-likeness (QED) is 0.680. The Morgan fingerprint density at radius 2 is 1.30 bits per heavy atom. The van der Waals surface area contributed by atoms with Gasteiger partial charge in [-0.15, -0.1) is 0 Å². The molecule has 0 aromatic heterocycles. The first-order valence-corrected chi connectivity index (χ1v) is 10.5. The van der Waals surface area contributed by atoms with Gasteiger partial charge in [-0.2, -0.15) is 0 Å². The van der Waals surface area contributed by atoms with Crippen LogP contribution in [0.2, 0.25) is 0 Å². The highest BCUT2D eigenvalue weighted by Crippen LogP contribution is 2.31. The molecule has 1 aliphatic rings. The van der Waals surface area contributed by atoms with E-state index in [-0.39, 0.29) is 11.8 Å². The van der Waals surface area contributed by atoms with Crippen molar-refractivity contribution in [2.45, 2.75) is 71.4 Å². The summed E-state index contributed by atoms with van der Waals surface area (Å²) in [5.74, 6) is -1.58. The largest absolute Gasteiger partial charge is 0.459 e. The zero-order chi connectivity index (χ0) is 22.7. The average molecular weight is 420 g/mol. The summed E-state index contributed by atoms with van der Waals surface area (Å²) in [4.78, 5) is 27.5. The lowest BCUT2D eigenvalue weighted by molar-refractivity contribution is -0.161. The topological polar surface area (TPSA) is 108 Å². The van der Waals surface area contributed by atoms with Gasteiger partial charge in [-0.05, 0) is 47.1 Å². The minimum atomic E-state index is -0.872. The molecule has 4 N–H and O–H groups in total. The lowest BCUT2D eigenvalue weighted by Gasteiger charge is -2.30. The average Bonchev–Trinajstić information content (AvgIpc) is 3.01. The van der Waals surface area contributed by atoms with Crippen LogP contribution in [0.15, 0.2) is 30.3 Å². The first-order chi connectivity index (χ1) is 13.8. The predicted octanol–water partition coefficient (Wildman–Crippen LogP) is 2.07. The molecule has 1 aromatic rings. The van der Waals surface area contributed by atoms with E-state index in [4.69, 9.17) is 20.9 Å². The summed E-state index contributed by atoms with van der Waals surface area (Å²) in [5, 5.41) is 0. The predicted molar refractivity (Wildman–Crippen MR) is 116 cm³/mol. The van der Waals surface area contributed by atoms with Crippen molar-refractivity contribution in [1.29, 1.82) is 0 Å². The zero-order valence-electron chi connectivity index (χ0n) is 19.1. The summed E-state index contributed by atoms with van der Waals surface area (Å²) in [5.41, 5.74) is 12.5. The molecule has 168 valence electrons. The first-order valence-electron chi connectivity index (χ1n) is 10.5. The van der Waals surface area contributed by atoms with Crippen molar-refractivity contribution >= 4 is 11.9 Å². The second-order valence-corrected chi connectivity index (χ2v) is 10.1. The summed E-state index contributed by atoms with van der Waals surface area (Å²) in [6.07, 6.45) is 0. The number of carbonyl (C=O) groups is 2. The Morgan fingerprint density at radius 3 is 1.67 bits per heavy atom. The van der Waals surface area contributed by atoms with Gasteiger partial charge in [0.2, 0.25) is 0 Å². The van der Waals surface area contributed by atoms with Gasteiger partial charge < -0.3 is 20.9 Å². The number of carbonyl (C=O) groups excluding carboxylic acids is 2. The van der Waals surface area contributed by atoms with Crippen LogP contribution in [-0.2, 0) is 25.6 Å². The monoisotopic (exact) mass is 419 g/mol. The van der Waals surface area contributed by atoms with Crippen molar-refractivity contribution in [3.63, 3.8) is 0 Å². The minimum absolute atomic E-state index is 0.314. The molecule has 7 heteroatoms. The van der Waals surface area contributed by atoms with Gasteiger partial charge in [-0.25, -0.2) is 0 Å². The standard InChI is InChI=1S/C23H37N3O4/c1-22(2,3)29-20(27)18(24)16-13-26(12-15-10-8-7-9-11-15)14-17(16)19(25)21(28)30-23(4,5)6/h7-11,16-19H,12-14,24-25H2,1-6H3/t16-,17-,18?,19?/m0/s1. The van der Waals surface area contributed by atoms with Crippen molar-refractivity contribution in [3.8, 4) is 0 Å². The molecule has 2 unspecified atom stereocenters. The highest BCUT2D eigenvalue weighted by molar-refractivity contribution is 5.78. The van der Waals surface area contributed by atoms with Crippen molar-refractivity contribution < 1.29 is 19.1 Å². The number of esters is 2.